The van der Waals surface area contributed by atoms with Crippen LogP contribution in [0, 0.1) is 0 Å². The molecule has 0 unspecified atom stereocenters. The Hall–Kier alpha value is -1.63. The van der Waals surface area contributed by atoms with Gasteiger partial charge in [0, 0.05) is 12.7 Å². The summed E-state index contributed by atoms with van der Waals surface area (Å²) in [5.41, 5.74) is 1.58. The van der Waals surface area contributed by atoms with Gasteiger partial charge in [-0.15, -0.1) is 0 Å². The number of halogens is 3. The van der Waals surface area contributed by atoms with E-state index in [-0.39, 0.29) is 6.54 Å². The molecule has 7 heteroatoms. The van der Waals surface area contributed by atoms with E-state index in [0.717, 1.165) is 5.52 Å². The predicted molar refractivity (Wildman–Crippen MR) is 61.0 cm³/mol. The van der Waals surface area contributed by atoms with Crippen LogP contribution in [0.2, 0.25) is 0 Å². The highest BCUT2D eigenvalue weighted by Crippen LogP contribution is 2.16. The van der Waals surface area contributed by atoms with E-state index in [9.17, 15) is 13.2 Å². The minimum atomic E-state index is -4.20. The second-order valence-corrected chi connectivity index (χ2v) is 3.86. The smallest absolute Gasteiger partial charge is 0.327 e. The first-order chi connectivity index (χ1) is 8.51. The van der Waals surface area contributed by atoms with Gasteiger partial charge in [-0.2, -0.15) is 13.2 Å². The zero-order valence-corrected chi connectivity index (χ0v) is 9.83. The molecular formula is C11H13F3N4. The van der Waals surface area contributed by atoms with Crippen LogP contribution in [0.5, 0.6) is 0 Å². The van der Waals surface area contributed by atoms with E-state index in [2.05, 4.69) is 15.3 Å². The maximum absolute atomic E-state index is 12.0. The van der Waals surface area contributed by atoms with Gasteiger partial charge in [-0.3, -0.25) is 4.98 Å². The summed E-state index contributed by atoms with van der Waals surface area (Å²) in [5.74, 6) is 0.588. The summed E-state index contributed by atoms with van der Waals surface area (Å²) in [5, 5.41) is 2.35. The first-order valence-corrected chi connectivity index (χ1v) is 5.58. The quantitative estimate of drug-likeness (QED) is 0.913. The Morgan fingerprint density at radius 2 is 2.17 bits per heavy atom. The van der Waals surface area contributed by atoms with Gasteiger partial charge < -0.3 is 9.88 Å². The van der Waals surface area contributed by atoms with E-state index in [1.807, 2.05) is 11.5 Å². The molecule has 0 spiro atoms. The Labute approximate surface area is 102 Å². The average Bonchev–Trinajstić information content (AvgIpc) is 2.64. The molecule has 1 N–H and O–H groups in total. The zero-order valence-electron chi connectivity index (χ0n) is 9.83. The van der Waals surface area contributed by atoms with Gasteiger partial charge in [-0.05, 0) is 13.0 Å². The van der Waals surface area contributed by atoms with Crippen molar-refractivity contribution in [3.8, 4) is 0 Å². The maximum atomic E-state index is 12.0. The van der Waals surface area contributed by atoms with E-state index < -0.39 is 12.7 Å². The molecule has 2 aromatic rings. The molecule has 98 valence electrons. The highest BCUT2D eigenvalue weighted by Gasteiger charge is 2.26. The van der Waals surface area contributed by atoms with E-state index in [1.165, 1.54) is 0 Å². The van der Waals surface area contributed by atoms with E-state index in [4.69, 9.17) is 0 Å². The molecule has 0 saturated carbocycles. The Kier molecular flexibility index (Phi) is 3.51. The lowest BCUT2D eigenvalue weighted by Gasteiger charge is -2.09. The van der Waals surface area contributed by atoms with Gasteiger partial charge in [0.15, 0.2) is 0 Å². The molecule has 0 aliphatic rings. The van der Waals surface area contributed by atoms with Crippen LogP contribution in [-0.2, 0) is 13.1 Å². The molecule has 18 heavy (non-hydrogen) atoms. The molecule has 0 saturated heterocycles. The number of imidazole rings is 1. The molecule has 0 bridgehead atoms. The van der Waals surface area contributed by atoms with Gasteiger partial charge in [0.2, 0.25) is 0 Å². The van der Waals surface area contributed by atoms with Crippen LogP contribution >= 0.6 is 0 Å². The Morgan fingerprint density at radius 3 is 2.83 bits per heavy atom. The van der Waals surface area contributed by atoms with Gasteiger partial charge in [0.1, 0.15) is 11.3 Å². The van der Waals surface area contributed by atoms with Crippen LogP contribution < -0.4 is 5.32 Å². The predicted octanol–water partition coefficient (Wildman–Crippen LogP) is 2.10. The van der Waals surface area contributed by atoms with Gasteiger partial charge in [0.25, 0.3) is 0 Å². The van der Waals surface area contributed by atoms with Crippen LogP contribution in [0.25, 0.3) is 11.0 Å². The van der Waals surface area contributed by atoms with Gasteiger partial charge in [-0.1, -0.05) is 0 Å². The van der Waals surface area contributed by atoms with Gasteiger partial charge >= 0.3 is 6.18 Å². The fourth-order valence-electron chi connectivity index (χ4n) is 1.84. The molecule has 0 aromatic carbocycles. The van der Waals surface area contributed by atoms with Crippen molar-refractivity contribution < 1.29 is 13.2 Å². The molecule has 2 heterocycles. The number of rotatable bonds is 4. The number of pyridine rings is 1. The lowest BCUT2D eigenvalue weighted by atomic mass is 10.4. The average molecular weight is 258 g/mol. The van der Waals surface area contributed by atoms with Crippen molar-refractivity contribution in [2.24, 2.45) is 0 Å². The van der Waals surface area contributed by atoms with Crippen LogP contribution in [0.4, 0.5) is 13.2 Å². The van der Waals surface area contributed by atoms with Crippen molar-refractivity contribution in [1.29, 1.82) is 0 Å². The highest BCUT2D eigenvalue weighted by molar-refractivity contribution is 5.74. The minimum Gasteiger partial charge on any atom is -0.327 e. The fraction of sp³-hybridized carbons (Fsp3) is 0.455. The number of fused-ring (bicyclic) bond motifs is 1. The maximum Gasteiger partial charge on any atom is 0.401 e. The molecule has 0 radical (unpaired) electrons. The minimum absolute atomic E-state index is 0.0853. The summed E-state index contributed by atoms with van der Waals surface area (Å²) in [6.07, 6.45) is -0.956. The van der Waals surface area contributed by atoms with E-state index >= 15 is 0 Å². The first kappa shape index (κ1) is 12.8. The van der Waals surface area contributed by atoms with Crippen molar-refractivity contribution >= 4 is 11.0 Å². The number of hydrogen-bond donors (Lipinski definition) is 1. The number of aromatic nitrogens is 3. The van der Waals surface area contributed by atoms with Crippen molar-refractivity contribution in [1.82, 2.24) is 19.9 Å². The Balaban J connectivity index is 2.17. The molecule has 2 rings (SSSR count). The number of nitrogens with zero attached hydrogens (tertiary/aromatic N) is 3. The normalized spacial score (nSPS) is 12.2. The Morgan fingerprint density at radius 1 is 1.39 bits per heavy atom. The van der Waals surface area contributed by atoms with Crippen molar-refractivity contribution in [2.45, 2.75) is 26.2 Å². The molecular weight excluding hydrogens is 245 g/mol. The lowest BCUT2D eigenvalue weighted by molar-refractivity contribution is -0.125. The summed E-state index contributed by atoms with van der Waals surface area (Å²) in [6, 6.07) is 1.80. The largest absolute Gasteiger partial charge is 0.401 e. The topological polar surface area (TPSA) is 42.7 Å². The molecule has 0 amide bonds. The molecule has 2 aromatic heterocycles. The molecule has 0 aliphatic heterocycles. The van der Waals surface area contributed by atoms with Crippen molar-refractivity contribution in [2.75, 3.05) is 6.54 Å². The van der Waals surface area contributed by atoms with Crippen LogP contribution in [0.15, 0.2) is 18.5 Å². The monoisotopic (exact) mass is 258 g/mol. The molecule has 4 nitrogen and oxygen atoms in total. The highest BCUT2D eigenvalue weighted by atomic mass is 19.4. The second kappa shape index (κ2) is 4.93. The van der Waals surface area contributed by atoms with E-state index in [1.54, 1.807) is 18.5 Å². The molecule has 0 aliphatic carbocycles. The van der Waals surface area contributed by atoms with Gasteiger partial charge in [-0.25, -0.2) is 4.98 Å². The van der Waals surface area contributed by atoms with Crippen molar-refractivity contribution in [3.05, 3.63) is 24.3 Å². The third-order valence-electron chi connectivity index (χ3n) is 2.55. The van der Waals surface area contributed by atoms with Crippen molar-refractivity contribution in [3.63, 3.8) is 0 Å². The summed E-state index contributed by atoms with van der Waals surface area (Å²) in [6.45, 7) is 1.65. The van der Waals surface area contributed by atoms with Crippen LogP contribution in [-0.4, -0.2) is 27.3 Å². The summed E-state index contributed by atoms with van der Waals surface area (Å²) < 4.78 is 38.0. The molecule has 0 atom stereocenters. The first-order valence-electron chi connectivity index (χ1n) is 5.58. The summed E-state index contributed by atoms with van der Waals surface area (Å²) >= 11 is 0. The Bertz CT molecular complexity index is 533. The standard InChI is InChI=1S/C11H13F3N4/c1-2-18-9-3-4-15-5-8(9)17-10(18)6-16-7-11(12,13)14/h3-5,16H,2,6-7H2,1H3. The number of hydrogen-bond acceptors (Lipinski definition) is 3. The second-order valence-electron chi connectivity index (χ2n) is 3.86. The number of aryl methyl sites for hydroxylation is 1. The van der Waals surface area contributed by atoms with E-state index in [0.29, 0.717) is 17.9 Å². The zero-order chi connectivity index (χ0) is 13.2. The summed E-state index contributed by atoms with van der Waals surface area (Å²) in [7, 11) is 0. The lowest BCUT2D eigenvalue weighted by Crippen LogP contribution is -2.29. The van der Waals surface area contributed by atoms with Crippen LogP contribution in [0.1, 0.15) is 12.7 Å². The fourth-order valence-corrected chi connectivity index (χ4v) is 1.84. The SMILES string of the molecule is CCn1c(CNCC(F)(F)F)nc2cnccc21. The third kappa shape index (κ3) is 2.79. The third-order valence-corrected chi connectivity index (χ3v) is 2.55. The number of nitrogens with one attached hydrogen (secondary N) is 1. The van der Waals surface area contributed by atoms with Gasteiger partial charge in [0.05, 0.1) is 24.8 Å². The molecule has 0 fully saturated rings. The summed E-state index contributed by atoms with van der Waals surface area (Å²) in [4.78, 5) is 8.22. The number of alkyl halides is 3. The van der Waals surface area contributed by atoms with Crippen LogP contribution in [0.3, 0.4) is 0 Å².